The highest BCUT2D eigenvalue weighted by atomic mass is 127. The zero-order valence-electron chi connectivity index (χ0n) is 12.3. The van der Waals surface area contributed by atoms with Gasteiger partial charge < -0.3 is 20.1 Å². The molecule has 0 aromatic heterocycles. The Morgan fingerprint density at radius 1 is 1.10 bits per heavy atom. The number of guanidine groups is 1. The first-order valence-corrected chi connectivity index (χ1v) is 8.33. The molecule has 0 atom stereocenters. The molecule has 0 heterocycles. The Labute approximate surface area is 138 Å². The monoisotopic (exact) mass is 423 g/mol. The Kier molecular flexibility index (Phi) is 15.3. The quantitative estimate of drug-likeness (QED) is 0.220. The molecular weight excluding hydrogens is 397 g/mol. The van der Waals surface area contributed by atoms with Crippen molar-refractivity contribution in [1.82, 2.24) is 10.6 Å². The van der Waals surface area contributed by atoms with E-state index in [-0.39, 0.29) is 36.3 Å². The molecule has 9 heteroatoms. The summed E-state index contributed by atoms with van der Waals surface area (Å²) in [4.78, 5) is 4.03. The van der Waals surface area contributed by atoms with Gasteiger partial charge in [0.1, 0.15) is 9.84 Å². The molecular formula is C11H26IN3O4S. The van der Waals surface area contributed by atoms with E-state index in [9.17, 15) is 8.42 Å². The van der Waals surface area contributed by atoms with Gasteiger partial charge in [-0.25, -0.2) is 8.42 Å². The minimum Gasteiger partial charge on any atom is -0.380 e. The standard InChI is InChI=1S/C11H25N3O4S.HI/c1-4-17-7-5-13-11(12-2)14-6-8-18-9-10-19(3,15)16;/h4-10H2,1-3H3,(H2,12,13,14);1H. The number of hydrogen-bond acceptors (Lipinski definition) is 5. The first kappa shape index (κ1) is 22.2. The summed E-state index contributed by atoms with van der Waals surface area (Å²) in [6, 6.07) is 0. The van der Waals surface area contributed by atoms with Crippen LogP contribution >= 0.6 is 24.0 Å². The fraction of sp³-hybridized carbons (Fsp3) is 0.909. The molecule has 122 valence electrons. The minimum absolute atomic E-state index is 0. The fourth-order valence-corrected chi connectivity index (χ4v) is 1.58. The van der Waals surface area contributed by atoms with Crippen LogP contribution in [-0.4, -0.2) is 73.0 Å². The summed E-state index contributed by atoms with van der Waals surface area (Å²) in [6.45, 7) is 5.17. The van der Waals surface area contributed by atoms with Gasteiger partial charge >= 0.3 is 0 Å². The molecule has 20 heavy (non-hydrogen) atoms. The van der Waals surface area contributed by atoms with Crippen LogP contribution in [0.25, 0.3) is 0 Å². The lowest BCUT2D eigenvalue weighted by atomic mass is 10.6. The van der Waals surface area contributed by atoms with Crippen molar-refractivity contribution in [3.8, 4) is 0 Å². The van der Waals surface area contributed by atoms with Crippen molar-refractivity contribution in [2.24, 2.45) is 4.99 Å². The number of nitrogens with one attached hydrogen (secondary N) is 2. The zero-order chi connectivity index (χ0) is 14.6. The second-order valence-electron chi connectivity index (χ2n) is 3.86. The third-order valence-electron chi connectivity index (χ3n) is 2.10. The molecule has 0 aliphatic carbocycles. The lowest BCUT2D eigenvalue weighted by Gasteiger charge is -2.11. The van der Waals surface area contributed by atoms with Gasteiger partial charge in [0.2, 0.25) is 0 Å². The molecule has 0 radical (unpaired) electrons. The van der Waals surface area contributed by atoms with Gasteiger partial charge in [0.15, 0.2) is 5.96 Å². The molecule has 0 fully saturated rings. The molecule has 0 bridgehead atoms. The Morgan fingerprint density at radius 2 is 1.65 bits per heavy atom. The molecule has 0 aromatic carbocycles. The van der Waals surface area contributed by atoms with Gasteiger partial charge in [0.25, 0.3) is 0 Å². The van der Waals surface area contributed by atoms with Gasteiger partial charge in [-0.2, -0.15) is 0 Å². The number of rotatable bonds is 10. The number of aliphatic imine (C=N–C) groups is 1. The third-order valence-corrected chi connectivity index (χ3v) is 3.01. The summed E-state index contributed by atoms with van der Waals surface area (Å²) < 4.78 is 32.1. The molecule has 2 N–H and O–H groups in total. The highest BCUT2D eigenvalue weighted by Gasteiger charge is 2.01. The highest BCUT2D eigenvalue weighted by molar-refractivity contribution is 14.0. The van der Waals surface area contributed by atoms with Crippen LogP contribution in [0.1, 0.15) is 6.92 Å². The zero-order valence-corrected chi connectivity index (χ0v) is 15.5. The van der Waals surface area contributed by atoms with Gasteiger partial charge in [0, 0.05) is 33.0 Å². The number of hydrogen-bond donors (Lipinski definition) is 2. The van der Waals surface area contributed by atoms with Crippen LogP contribution in [0.15, 0.2) is 4.99 Å². The van der Waals surface area contributed by atoms with Gasteiger partial charge in [-0.05, 0) is 6.92 Å². The van der Waals surface area contributed by atoms with E-state index in [1.807, 2.05) is 6.92 Å². The molecule has 7 nitrogen and oxygen atoms in total. The lowest BCUT2D eigenvalue weighted by Crippen LogP contribution is -2.40. The van der Waals surface area contributed by atoms with Crippen molar-refractivity contribution in [2.75, 3.05) is 58.6 Å². The highest BCUT2D eigenvalue weighted by Crippen LogP contribution is 1.83. The van der Waals surface area contributed by atoms with Gasteiger partial charge in [-0.15, -0.1) is 24.0 Å². The number of halogens is 1. The fourth-order valence-electron chi connectivity index (χ4n) is 1.16. The summed E-state index contributed by atoms with van der Waals surface area (Å²) in [5.74, 6) is 0.723. The first-order valence-electron chi connectivity index (χ1n) is 6.27. The maximum atomic E-state index is 10.9. The summed E-state index contributed by atoms with van der Waals surface area (Å²) in [7, 11) is -1.26. The Hall–Kier alpha value is -0.130. The SMILES string of the molecule is CCOCCNC(=NC)NCCOCCS(C)(=O)=O.I. The summed E-state index contributed by atoms with van der Waals surface area (Å²) >= 11 is 0. The van der Waals surface area contributed by atoms with Crippen LogP contribution in [0.2, 0.25) is 0 Å². The van der Waals surface area contributed by atoms with Crippen LogP contribution in [-0.2, 0) is 19.3 Å². The Morgan fingerprint density at radius 3 is 2.10 bits per heavy atom. The smallest absolute Gasteiger partial charge is 0.191 e. The number of nitrogens with zero attached hydrogens (tertiary/aromatic N) is 1. The molecule has 0 aliphatic rings. The summed E-state index contributed by atoms with van der Waals surface area (Å²) in [5, 5.41) is 6.13. The van der Waals surface area contributed by atoms with E-state index in [0.717, 1.165) is 0 Å². The topological polar surface area (TPSA) is 89.0 Å². The van der Waals surface area contributed by atoms with Crippen molar-refractivity contribution in [2.45, 2.75) is 6.92 Å². The third kappa shape index (κ3) is 15.9. The maximum Gasteiger partial charge on any atom is 0.191 e. The molecule has 0 spiro atoms. The van der Waals surface area contributed by atoms with Crippen molar-refractivity contribution in [1.29, 1.82) is 0 Å². The molecule has 0 saturated heterocycles. The van der Waals surface area contributed by atoms with Crippen molar-refractivity contribution in [3.63, 3.8) is 0 Å². The van der Waals surface area contributed by atoms with E-state index in [0.29, 0.717) is 38.9 Å². The van der Waals surface area contributed by atoms with E-state index in [1.165, 1.54) is 6.26 Å². The first-order chi connectivity index (χ1) is 8.99. The number of ether oxygens (including phenoxy) is 2. The maximum absolute atomic E-state index is 10.9. The van der Waals surface area contributed by atoms with Crippen molar-refractivity contribution in [3.05, 3.63) is 0 Å². The average molecular weight is 423 g/mol. The van der Waals surface area contributed by atoms with Gasteiger partial charge in [-0.1, -0.05) is 0 Å². The van der Waals surface area contributed by atoms with Gasteiger partial charge in [0.05, 0.1) is 25.6 Å². The second-order valence-corrected chi connectivity index (χ2v) is 6.12. The van der Waals surface area contributed by atoms with Crippen LogP contribution in [0, 0.1) is 0 Å². The summed E-state index contributed by atoms with van der Waals surface area (Å²) in [6.07, 6.45) is 1.19. The predicted octanol–water partition coefficient (Wildman–Crippen LogP) is -0.133. The molecule has 0 aliphatic heterocycles. The lowest BCUT2D eigenvalue weighted by molar-refractivity contribution is 0.151. The average Bonchev–Trinajstić information content (AvgIpc) is 2.34. The predicted molar refractivity (Wildman–Crippen MR) is 91.8 cm³/mol. The molecule has 0 saturated carbocycles. The normalized spacial score (nSPS) is 11.8. The molecule has 0 aromatic rings. The van der Waals surface area contributed by atoms with Gasteiger partial charge in [-0.3, -0.25) is 4.99 Å². The molecule has 0 rings (SSSR count). The van der Waals surface area contributed by atoms with E-state index < -0.39 is 9.84 Å². The van der Waals surface area contributed by atoms with Crippen LogP contribution < -0.4 is 10.6 Å². The Bertz CT molecular complexity index is 350. The van der Waals surface area contributed by atoms with E-state index in [2.05, 4.69) is 15.6 Å². The van der Waals surface area contributed by atoms with Crippen molar-refractivity contribution >= 4 is 39.8 Å². The van der Waals surface area contributed by atoms with E-state index in [1.54, 1.807) is 7.05 Å². The molecule has 0 unspecified atom stereocenters. The van der Waals surface area contributed by atoms with E-state index >= 15 is 0 Å². The van der Waals surface area contributed by atoms with Crippen LogP contribution in [0.3, 0.4) is 0 Å². The largest absolute Gasteiger partial charge is 0.380 e. The molecule has 0 amide bonds. The van der Waals surface area contributed by atoms with Crippen LogP contribution in [0.5, 0.6) is 0 Å². The minimum atomic E-state index is -2.95. The van der Waals surface area contributed by atoms with Crippen molar-refractivity contribution < 1.29 is 17.9 Å². The number of sulfone groups is 1. The second kappa shape index (κ2) is 13.8. The van der Waals surface area contributed by atoms with E-state index in [4.69, 9.17) is 9.47 Å². The Balaban J connectivity index is 0. The van der Waals surface area contributed by atoms with Crippen LogP contribution in [0.4, 0.5) is 0 Å². The summed E-state index contributed by atoms with van der Waals surface area (Å²) in [5.41, 5.74) is 0.